The van der Waals surface area contributed by atoms with Crippen molar-refractivity contribution < 1.29 is 41.4 Å². The van der Waals surface area contributed by atoms with Crippen LogP contribution in [0.3, 0.4) is 0 Å². The predicted molar refractivity (Wildman–Crippen MR) is 233 cm³/mol. The molecule has 12 nitrogen and oxygen atoms in total. The van der Waals surface area contributed by atoms with Crippen molar-refractivity contribution in [2.45, 2.75) is 105 Å². The van der Waals surface area contributed by atoms with Crippen LogP contribution < -0.4 is 42.1 Å². The second-order valence-corrected chi connectivity index (χ2v) is 16.4. The smallest absolute Gasteiger partial charge is 0.0884 e. The molecular weight excluding hydrogens is 733 g/mol. The van der Waals surface area contributed by atoms with Crippen LogP contribution in [0.1, 0.15) is 97.4 Å². The summed E-state index contributed by atoms with van der Waals surface area (Å²) in [6, 6.07) is 26.6. The van der Waals surface area contributed by atoms with Gasteiger partial charge in [0.15, 0.2) is 0 Å². The summed E-state index contributed by atoms with van der Waals surface area (Å²) in [5, 5.41) is 40.7. The van der Waals surface area contributed by atoms with Crippen LogP contribution >= 0.6 is 0 Å². The molecule has 1 aliphatic heterocycles. The third kappa shape index (κ3) is 17.0. The molecule has 58 heavy (non-hydrogen) atoms. The molecule has 1 heterocycles. The number of carboxylic acid groups (broad SMARTS) is 2. The molecule has 4 aromatic carbocycles. The van der Waals surface area contributed by atoms with E-state index in [1.54, 1.807) is 36.4 Å². The summed E-state index contributed by atoms with van der Waals surface area (Å²) >= 11 is 0. The number of benzene rings is 4. The van der Waals surface area contributed by atoms with E-state index in [4.69, 9.17) is 0 Å². The van der Waals surface area contributed by atoms with E-state index in [9.17, 15) is 19.8 Å². The molecular formula is C46H70N6O6. The van der Waals surface area contributed by atoms with Gasteiger partial charge in [0.05, 0.1) is 37.1 Å². The molecule has 0 aromatic heterocycles. The predicted octanol–water partition coefficient (Wildman–Crippen LogP) is 2.59. The second kappa shape index (κ2) is 24.2. The molecule has 0 saturated carbocycles. The molecule has 1 aliphatic rings. The van der Waals surface area contributed by atoms with Crippen LogP contribution in [-0.2, 0) is 0 Å². The first-order chi connectivity index (χ1) is 26.4. The molecule has 0 radical (unpaired) electrons. The first kappa shape index (κ1) is 51.2. The number of anilines is 4. The Morgan fingerprint density at radius 2 is 0.897 bits per heavy atom. The topological polar surface area (TPSA) is 225 Å². The summed E-state index contributed by atoms with van der Waals surface area (Å²) < 4.78 is 0. The summed E-state index contributed by atoms with van der Waals surface area (Å²) in [6.07, 6.45) is 2.43. The maximum atomic E-state index is 11.0. The second-order valence-electron chi connectivity index (χ2n) is 16.4. The molecule has 1 saturated heterocycles. The molecule has 4 aromatic rings. The molecule has 320 valence electrons. The van der Waals surface area contributed by atoms with Crippen molar-refractivity contribution in [3.8, 4) is 0 Å². The highest BCUT2D eigenvalue weighted by molar-refractivity contribution is 5.94. The zero-order chi connectivity index (χ0) is 41.5. The van der Waals surface area contributed by atoms with Crippen molar-refractivity contribution in [1.29, 1.82) is 0 Å². The van der Waals surface area contributed by atoms with E-state index in [1.165, 1.54) is 38.1 Å². The Bertz CT molecular complexity index is 1750. The van der Waals surface area contributed by atoms with E-state index in [2.05, 4.69) is 73.4 Å². The van der Waals surface area contributed by atoms with Crippen molar-refractivity contribution >= 4 is 34.7 Å². The molecule has 1 fully saturated rings. The Labute approximate surface area is 346 Å². The van der Waals surface area contributed by atoms with Crippen LogP contribution in [0.4, 0.5) is 22.7 Å². The molecule has 5 rings (SSSR count). The zero-order valence-electron chi connectivity index (χ0n) is 36.3. The van der Waals surface area contributed by atoms with Crippen LogP contribution in [0.15, 0.2) is 84.9 Å². The van der Waals surface area contributed by atoms with E-state index >= 15 is 0 Å². The van der Waals surface area contributed by atoms with Gasteiger partial charge in [-0.3, -0.25) is 0 Å². The summed E-state index contributed by atoms with van der Waals surface area (Å²) in [7, 11) is 0. The van der Waals surface area contributed by atoms with Crippen molar-refractivity contribution in [3.05, 3.63) is 118 Å². The summed E-state index contributed by atoms with van der Waals surface area (Å²) in [5.41, 5.74) is 8.24. The van der Waals surface area contributed by atoms with Gasteiger partial charge in [0.25, 0.3) is 0 Å². The maximum Gasteiger partial charge on any atom is 0.0884 e. The monoisotopic (exact) mass is 803 g/mol. The Morgan fingerprint density at radius 3 is 1.24 bits per heavy atom. The fraction of sp³-hybridized carbons (Fsp3) is 0.435. The minimum atomic E-state index is -1.18. The highest BCUT2D eigenvalue weighted by Crippen LogP contribution is 2.26. The van der Waals surface area contributed by atoms with Gasteiger partial charge < -0.3 is 62.7 Å². The number of para-hydroxylation sites is 2. The van der Waals surface area contributed by atoms with E-state index in [0.717, 1.165) is 46.7 Å². The van der Waals surface area contributed by atoms with E-state index in [0.29, 0.717) is 23.5 Å². The van der Waals surface area contributed by atoms with Gasteiger partial charge in [-0.25, -0.2) is 0 Å². The molecule has 12 heteroatoms. The average molecular weight is 803 g/mol. The fourth-order valence-corrected chi connectivity index (χ4v) is 7.08. The molecule has 2 atom stereocenters. The number of nitrogens with one attached hydrogen (secondary N) is 4. The number of aryl methyl sites for hydroxylation is 2. The Hall–Kier alpha value is -4.82. The number of hydrogen-bond donors (Lipinski definition) is 6. The standard InChI is InChI=1S/C16H36N4.2C15H15NO2.2H2O/c1-13-11-15(3,4)19-10-8-18-14(2)12-16(5,6)20-9-7-17-13;2*1-10-6-5-9-13(11(10)2)16-14-8-4-3-7-12(14)15(17)18;;/h13-14,17-20H,7-12H2,1-6H3;2*3-9,16H,1-2H3,(H,17,18);2*1H2/t13-,14+;;;;. The van der Waals surface area contributed by atoms with Crippen molar-refractivity contribution in [3.63, 3.8) is 0 Å². The van der Waals surface area contributed by atoms with Gasteiger partial charge in [0.1, 0.15) is 0 Å². The number of hydrogen-bond acceptors (Lipinski definition) is 8. The number of quaternary nitrogens is 2. The number of carbonyl (C=O) groups excluding carboxylic acids is 2. The highest BCUT2D eigenvalue weighted by atomic mass is 16.4. The minimum absolute atomic E-state index is 0. The summed E-state index contributed by atoms with van der Waals surface area (Å²) in [4.78, 5) is 22.0. The molecule has 0 unspecified atom stereocenters. The van der Waals surface area contributed by atoms with Gasteiger partial charge in [-0.1, -0.05) is 60.7 Å². The van der Waals surface area contributed by atoms with Crippen molar-refractivity contribution in [2.24, 2.45) is 0 Å². The number of carboxylic acids is 2. The van der Waals surface area contributed by atoms with Crippen LogP contribution in [0.2, 0.25) is 0 Å². The summed E-state index contributed by atoms with van der Waals surface area (Å²) in [5.74, 6) is -2.35. The van der Waals surface area contributed by atoms with Crippen LogP contribution in [0.25, 0.3) is 0 Å². The van der Waals surface area contributed by atoms with E-state index in [-0.39, 0.29) is 33.2 Å². The molecule has 12 N–H and O–H groups in total. The largest absolute Gasteiger partial charge is 0.545 e. The van der Waals surface area contributed by atoms with Crippen molar-refractivity contribution in [1.82, 2.24) is 10.6 Å². The lowest BCUT2D eigenvalue weighted by Gasteiger charge is -2.31. The Morgan fingerprint density at radius 1 is 0.569 bits per heavy atom. The lowest BCUT2D eigenvalue weighted by Crippen LogP contribution is -2.92. The van der Waals surface area contributed by atoms with Gasteiger partial charge >= 0.3 is 0 Å². The molecule has 0 amide bonds. The fourth-order valence-electron chi connectivity index (χ4n) is 7.08. The average Bonchev–Trinajstić information content (AvgIpc) is 3.13. The highest BCUT2D eigenvalue weighted by Gasteiger charge is 2.25. The van der Waals surface area contributed by atoms with Crippen LogP contribution in [0.5, 0.6) is 0 Å². The SMILES string of the molecule is C[C@@H]1CC(C)(C)NCC[NH2+][C@@H](C)CC(C)(C)NCC[NH2+]1.Cc1cccc(Nc2ccccc2C(=O)[O-])c1C.Cc1cccc(Nc2ccccc2C(=O)[O-])c1C.O.O. The quantitative estimate of drug-likeness (QED) is 0.170. The van der Waals surface area contributed by atoms with Gasteiger partial charge in [-0.2, -0.15) is 0 Å². The van der Waals surface area contributed by atoms with Gasteiger partial charge in [0, 0.05) is 70.9 Å². The van der Waals surface area contributed by atoms with Gasteiger partial charge in [0.2, 0.25) is 0 Å². The number of rotatable bonds is 6. The number of aromatic carboxylic acids is 2. The lowest BCUT2D eigenvalue weighted by molar-refractivity contribution is -0.689. The Kier molecular flexibility index (Phi) is 21.3. The lowest BCUT2D eigenvalue weighted by atomic mass is 9.94. The maximum absolute atomic E-state index is 11.0. The third-order valence-corrected chi connectivity index (χ3v) is 10.3. The third-order valence-electron chi connectivity index (χ3n) is 10.3. The Balaban J connectivity index is 0.000000428. The number of carbonyl (C=O) groups is 2. The number of nitrogens with two attached hydrogens (primary N) is 2. The molecule has 0 bridgehead atoms. The summed E-state index contributed by atoms with van der Waals surface area (Å²) in [6.45, 7) is 26.6. The van der Waals surface area contributed by atoms with Gasteiger partial charge in [-0.15, -0.1) is 0 Å². The zero-order valence-corrected chi connectivity index (χ0v) is 36.3. The van der Waals surface area contributed by atoms with Gasteiger partial charge in [-0.05, 0) is 116 Å². The van der Waals surface area contributed by atoms with Crippen LogP contribution in [-0.4, -0.2) is 72.2 Å². The molecule has 0 aliphatic carbocycles. The van der Waals surface area contributed by atoms with Crippen LogP contribution in [0, 0.1) is 27.7 Å². The van der Waals surface area contributed by atoms with Crippen molar-refractivity contribution in [2.75, 3.05) is 36.8 Å². The van der Waals surface area contributed by atoms with E-state index < -0.39 is 11.9 Å². The normalized spacial score (nSPS) is 17.8. The first-order valence-corrected chi connectivity index (χ1v) is 19.8. The molecule has 0 spiro atoms. The van der Waals surface area contributed by atoms with E-state index in [1.807, 2.05) is 64.1 Å². The minimum Gasteiger partial charge on any atom is -0.545 e. The first-order valence-electron chi connectivity index (χ1n) is 19.8.